The number of amides is 1. The van der Waals surface area contributed by atoms with Gasteiger partial charge in [-0.1, -0.05) is 0 Å². The van der Waals surface area contributed by atoms with Gasteiger partial charge in [0.1, 0.15) is 0 Å². The van der Waals surface area contributed by atoms with E-state index >= 15 is 0 Å². The first-order valence-electron chi connectivity index (χ1n) is 5.70. The van der Waals surface area contributed by atoms with Gasteiger partial charge in [0, 0.05) is 12.6 Å². The first-order valence-corrected chi connectivity index (χ1v) is 7.21. The van der Waals surface area contributed by atoms with E-state index in [1.807, 2.05) is 0 Å². The molecule has 1 saturated heterocycles. The first kappa shape index (κ1) is 14.9. The highest BCUT2D eigenvalue weighted by molar-refractivity contribution is 7.90. The van der Waals surface area contributed by atoms with Gasteiger partial charge in [-0.15, -0.1) is 0 Å². The Labute approximate surface area is 106 Å². The second-order valence-corrected chi connectivity index (χ2v) is 6.83. The molecule has 0 aromatic carbocycles. The molecule has 0 bridgehead atoms. The van der Waals surface area contributed by atoms with E-state index < -0.39 is 33.1 Å². The lowest BCUT2D eigenvalue weighted by atomic mass is 9.95. The van der Waals surface area contributed by atoms with Gasteiger partial charge in [-0.25, -0.2) is 8.42 Å². The van der Waals surface area contributed by atoms with E-state index in [1.54, 1.807) is 6.92 Å². The van der Waals surface area contributed by atoms with Crippen LogP contribution in [0.2, 0.25) is 0 Å². The maximum Gasteiger partial charge on any atom is 0.323 e. The van der Waals surface area contributed by atoms with Crippen molar-refractivity contribution in [1.29, 1.82) is 0 Å². The molecule has 1 fully saturated rings. The van der Waals surface area contributed by atoms with E-state index in [4.69, 9.17) is 10.8 Å². The van der Waals surface area contributed by atoms with E-state index in [0.29, 0.717) is 12.8 Å². The molecule has 1 aliphatic rings. The number of carbonyl (C=O) groups is 2. The van der Waals surface area contributed by atoms with Gasteiger partial charge in [0.2, 0.25) is 15.9 Å². The van der Waals surface area contributed by atoms with Crippen LogP contribution < -0.4 is 5.73 Å². The minimum absolute atomic E-state index is 0.0313. The van der Waals surface area contributed by atoms with Crippen molar-refractivity contribution in [1.82, 2.24) is 4.31 Å². The molecule has 1 amide bonds. The predicted molar refractivity (Wildman–Crippen MR) is 64.1 cm³/mol. The van der Waals surface area contributed by atoms with Crippen molar-refractivity contribution >= 4 is 21.9 Å². The number of piperidine rings is 1. The summed E-state index contributed by atoms with van der Waals surface area (Å²) >= 11 is 0. The Kier molecular flexibility index (Phi) is 4.33. The van der Waals surface area contributed by atoms with Gasteiger partial charge in [0.25, 0.3) is 0 Å². The lowest BCUT2D eigenvalue weighted by Crippen LogP contribution is -2.52. The first-order chi connectivity index (χ1) is 8.17. The summed E-state index contributed by atoms with van der Waals surface area (Å²) in [4.78, 5) is 21.9. The summed E-state index contributed by atoms with van der Waals surface area (Å²) in [6, 6.07) is -0.313. The molecule has 0 aromatic heterocycles. The molecule has 0 aromatic rings. The molecule has 1 heterocycles. The minimum Gasteiger partial charge on any atom is -0.480 e. The van der Waals surface area contributed by atoms with E-state index in [9.17, 15) is 18.0 Å². The highest BCUT2D eigenvalue weighted by Gasteiger charge is 2.40. The van der Waals surface area contributed by atoms with Crippen molar-refractivity contribution in [3.63, 3.8) is 0 Å². The molecule has 3 N–H and O–H groups in total. The second-order valence-electron chi connectivity index (χ2n) is 4.62. The fourth-order valence-corrected chi connectivity index (χ4v) is 3.65. The Hall–Kier alpha value is -1.15. The quantitative estimate of drug-likeness (QED) is 0.710. The van der Waals surface area contributed by atoms with Crippen LogP contribution in [-0.4, -0.2) is 47.5 Å². The monoisotopic (exact) mass is 278 g/mol. The van der Waals surface area contributed by atoms with Crippen molar-refractivity contribution < 1.29 is 23.1 Å². The van der Waals surface area contributed by atoms with Gasteiger partial charge in [-0.3, -0.25) is 9.59 Å². The smallest absolute Gasteiger partial charge is 0.323 e. The molecular formula is C10H18N2O5S. The van der Waals surface area contributed by atoms with E-state index in [-0.39, 0.29) is 12.6 Å². The van der Waals surface area contributed by atoms with Gasteiger partial charge < -0.3 is 10.8 Å². The number of primary amides is 1. The zero-order valence-electron chi connectivity index (χ0n) is 10.4. The van der Waals surface area contributed by atoms with Crippen LogP contribution >= 0.6 is 0 Å². The molecule has 1 aliphatic heterocycles. The molecule has 18 heavy (non-hydrogen) atoms. The molecule has 7 nitrogen and oxygen atoms in total. The molecule has 0 radical (unpaired) electrons. The lowest BCUT2D eigenvalue weighted by Gasteiger charge is -2.36. The van der Waals surface area contributed by atoms with Crippen LogP contribution in [0.1, 0.15) is 26.7 Å². The highest BCUT2D eigenvalue weighted by Crippen LogP contribution is 2.26. The third kappa shape index (κ3) is 2.81. The van der Waals surface area contributed by atoms with Crippen LogP contribution in [0.15, 0.2) is 0 Å². The van der Waals surface area contributed by atoms with E-state index in [0.717, 1.165) is 11.2 Å². The Balaban J connectivity index is 2.98. The van der Waals surface area contributed by atoms with Crippen molar-refractivity contribution in [3.05, 3.63) is 0 Å². The van der Waals surface area contributed by atoms with Crippen molar-refractivity contribution in [3.8, 4) is 0 Å². The summed E-state index contributed by atoms with van der Waals surface area (Å²) in [5, 5.41) is 7.29. The van der Waals surface area contributed by atoms with Crippen molar-refractivity contribution in [2.75, 3.05) is 6.54 Å². The fourth-order valence-electron chi connectivity index (χ4n) is 1.99. The van der Waals surface area contributed by atoms with Gasteiger partial charge in [-0.2, -0.15) is 4.31 Å². The predicted octanol–water partition coefficient (Wildman–Crippen LogP) is -0.625. The molecule has 1 rings (SSSR count). The van der Waals surface area contributed by atoms with E-state index in [1.165, 1.54) is 0 Å². The number of nitrogens with zero attached hydrogens (tertiary/aromatic N) is 1. The van der Waals surface area contributed by atoms with Crippen LogP contribution in [0, 0.1) is 5.92 Å². The van der Waals surface area contributed by atoms with Gasteiger partial charge in [0.15, 0.2) is 5.25 Å². The Bertz CT molecular complexity index is 447. The van der Waals surface area contributed by atoms with E-state index in [2.05, 4.69) is 0 Å². The Morgan fingerprint density at radius 3 is 2.39 bits per heavy atom. The molecule has 104 valence electrons. The van der Waals surface area contributed by atoms with Crippen LogP contribution in [0.5, 0.6) is 0 Å². The molecule has 3 atom stereocenters. The molecule has 0 aliphatic carbocycles. The number of carboxylic acids is 1. The van der Waals surface area contributed by atoms with Gasteiger partial charge in [0.05, 0.1) is 5.92 Å². The normalized spacial score (nSPS) is 27.7. The summed E-state index contributed by atoms with van der Waals surface area (Å²) in [5.41, 5.74) is 5.18. The summed E-state index contributed by atoms with van der Waals surface area (Å²) < 4.78 is 25.3. The lowest BCUT2D eigenvalue weighted by molar-refractivity contribution is -0.136. The third-order valence-corrected chi connectivity index (χ3v) is 5.61. The van der Waals surface area contributed by atoms with Gasteiger partial charge >= 0.3 is 5.97 Å². The number of hydrogen-bond donors (Lipinski definition) is 2. The second kappa shape index (κ2) is 5.23. The average molecular weight is 278 g/mol. The van der Waals surface area contributed by atoms with Crippen LogP contribution in [0.25, 0.3) is 0 Å². The zero-order valence-corrected chi connectivity index (χ0v) is 11.2. The summed E-state index contributed by atoms with van der Waals surface area (Å²) in [7, 11) is -3.95. The topological polar surface area (TPSA) is 118 Å². The Morgan fingerprint density at radius 2 is 1.94 bits per heavy atom. The molecule has 0 saturated carbocycles. The Morgan fingerprint density at radius 1 is 1.39 bits per heavy atom. The fraction of sp³-hybridized carbons (Fsp3) is 0.800. The number of hydrogen-bond acceptors (Lipinski definition) is 4. The van der Waals surface area contributed by atoms with Crippen molar-refractivity contribution in [2.24, 2.45) is 11.7 Å². The molecular weight excluding hydrogens is 260 g/mol. The standard InChI is InChI=1S/C10H18N2O5S/c1-6-3-4-8(9(11)13)5-12(6)18(16,17)7(2)10(14)15/h6-8H,3-5H2,1-2H3,(H2,11,13)(H,14,15). The number of sulfonamides is 1. The molecule has 3 unspecified atom stereocenters. The summed E-state index contributed by atoms with van der Waals surface area (Å²) in [5.74, 6) is -2.49. The zero-order chi connectivity index (χ0) is 14.1. The maximum atomic E-state index is 12.1. The third-order valence-electron chi connectivity index (χ3n) is 3.35. The largest absolute Gasteiger partial charge is 0.480 e. The summed E-state index contributed by atoms with van der Waals surface area (Å²) in [6.45, 7) is 2.79. The minimum atomic E-state index is -3.95. The number of nitrogens with two attached hydrogens (primary N) is 1. The number of rotatable bonds is 4. The molecule has 8 heteroatoms. The van der Waals surface area contributed by atoms with Crippen molar-refractivity contribution in [2.45, 2.75) is 38.0 Å². The van der Waals surface area contributed by atoms with Gasteiger partial charge in [-0.05, 0) is 26.7 Å². The maximum absolute atomic E-state index is 12.1. The van der Waals surface area contributed by atoms with Crippen LogP contribution in [0.3, 0.4) is 0 Å². The van der Waals surface area contributed by atoms with Crippen LogP contribution in [0.4, 0.5) is 0 Å². The number of carboxylic acid groups (broad SMARTS) is 1. The average Bonchev–Trinajstić information content (AvgIpc) is 2.27. The number of aliphatic carboxylic acids is 1. The SMILES string of the molecule is CC1CCC(C(N)=O)CN1S(=O)(=O)C(C)C(=O)O. The summed E-state index contributed by atoms with van der Waals surface area (Å²) in [6.07, 6.45) is 1.03. The highest BCUT2D eigenvalue weighted by atomic mass is 32.2. The molecule has 0 spiro atoms. The number of carbonyl (C=O) groups excluding carboxylic acids is 1. The van der Waals surface area contributed by atoms with Crippen LogP contribution in [-0.2, 0) is 19.6 Å².